The highest BCUT2D eigenvalue weighted by molar-refractivity contribution is 6.00. The normalized spacial score (nSPS) is 13.8. The Hall–Kier alpha value is -3.46. The van der Waals surface area contributed by atoms with Crippen molar-refractivity contribution in [3.05, 3.63) is 41.9 Å². The molecule has 0 unspecified atom stereocenters. The molecule has 0 radical (unpaired) electrons. The Morgan fingerprint density at radius 2 is 1.92 bits per heavy atom. The highest BCUT2D eigenvalue weighted by Gasteiger charge is 2.22. The maximum absolute atomic E-state index is 12.5. The predicted molar refractivity (Wildman–Crippen MR) is 137 cm³/mol. The van der Waals surface area contributed by atoms with Gasteiger partial charge in [-0.15, -0.1) is 12.4 Å². The van der Waals surface area contributed by atoms with Gasteiger partial charge in [0.25, 0.3) is 0 Å². The number of amides is 3. The predicted octanol–water partition coefficient (Wildman–Crippen LogP) is 2.58. The van der Waals surface area contributed by atoms with Crippen molar-refractivity contribution in [3.63, 3.8) is 0 Å². The van der Waals surface area contributed by atoms with Crippen LogP contribution in [0.3, 0.4) is 0 Å². The third-order valence-corrected chi connectivity index (χ3v) is 5.22. The first-order chi connectivity index (χ1) is 16.9. The number of benzene rings is 1. The average molecular weight is 518 g/mol. The lowest BCUT2D eigenvalue weighted by atomic mass is 10.1. The van der Waals surface area contributed by atoms with Crippen LogP contribution in [0.25, 0.3) is 0 Å². The fourth-order valence-corrected chi connectivity index (χ4v) is 3.48. The highest BCUT2D eigenvalue weighted by Crippen LogP contribution is 2.27. The number of carbonyl (C=O) groups excluding carboxylic acids is 2. The van der Waals surface area contributed by atoms with Crippen LogP contribution in [0.5, 0.6) is 5.75 Å². The molecule has 0 spiro atoms. The first-order valence-corrected chi connectivity index (χ1v) is 11.6. The molecule has 1 saturated heterocycles. The fraction of sp³-hybridized carbons (Fsp3) is 0.458. The van der Waals surface area contributed by atoms with Crippen LogP contribution in [0.1, 0.15) is 32.0 Å². The molecule has 3 amide bonds. The molecule has 1 aromatic heterocycles. The number of hydrogen-bond donors (Lipinski definition) is 3. The van der Waals surface area contributed by atoms with Crippen LogP contribution in [0.15, 0.2) is 30.6 Å². The summed E-state index contributed by atoms with van der Waals surface area (Å²) < 4.78 is 11.2. The molecule has 1 aliphatic rings. The summed E-state index contributed by atoms with van der Waals surface area (Å²) in [7, 11) is 0. The van der Waals surface area contributed by atoms with Crippen molar-refractivity contribution >= 4 is 35.9 Å². The molecule has 3 rings (SSSR count). The largest absolute Gasteiger partial charge is 0.489 e. The maximum Gasteiger partial charge on any atom is 0.324 e. The summed E-state index contributed by atoms with van der Waals surface area (Å²) in [6, 6.07) is 6.64. The van der Waals surface area contributed by atoms with Gasteiger partial charge in [0.2, 0.25) is 5.91 Å². The fourth-order valence-electron chi connectivity index (χ4n) is 3.48. The molecule has 12 heteroatoms. The van der Waals surface area contributed by atoms with Crippen molar-refractivity contribution in [1.29, 1.82) is 5.26 Å². The van der Waals surface area contributed by atoms with E-state index in [1.165, 1.54) is 12.4 Å². The van der Waals surface area contributed by atoms with Crippen LogP contribution in [0, 0.1) is 11.3 Å². The topological polar surface area (TPSA) is 142 Å². The molecule has 3 N–H and O–H groups in total. The van der Waals surface area contributed by atoms with Gasteiger partial charge in [0.05, 0.1) is 43.4 Å². The van der Waals surface area contributed by atoms with Crippen LogP contribution >= 0.6 is 12.4 Å². The number of aromatic nitrogens is 2. The van der Waals surface area contributed by atoms with E-state index in [1.807, 2.05) is 43.9 Å². The number of morpholine rings is 1. The number of anilines is 2. The minimum atomic E-state index is -0.512. The molecule has 0 bridgehead atoms. The molecule has 36 heavy (non-hydrogen) atoms. The number of nitrogens with zero attached hydrogens (tertiary/aromatic N) is 4. The van der Waals surface area contributed by atoms with Gasteiger partial charge in [0.15, 0.2) is 11.5 Å². The number of hydrogen-bond acceptors (Lipinski definition) is 8. The molecule has 1 fully saturated rings. The van der Waals surface area contributed by atoms with Crippen molar-refractivity contribution in [2.24, 2.45) is 0 Å². The number of carbonyl (C=O) groups is 2. The zero-order chi connectivity index (χ0) is 25.2. The van der Waals surface area contributed by atoms with E-state index in [-0.39, 0.29) is 42.0 Å². The van der Waals surface area contributed by atoms with Crippen molar-refractivity contribution in [2.75, 3.05) is 43.5 Å². The lowest BCUT2D eigenvalue weighted by Gasteiger charge is -2.29. The van der Waals surface area contributed by atoms with Crippen LogP contribution in [0.4, 0.5) is 16.3 Å². The molecule has 11 nitrogen and oxygen atoms in total. The molecular formula is C24H32ClN7O4. The van der Waals surface area contributed by atoms with E-state index >= 15 is 0 Å². The Morgan fingerprint density at radius 1 is 1.17 bits per heavy atom. The van der Waals surface area contributed by atoms with Crippen LogP contribution in [0.2, 0.25) is 0 Å². The molecule has 1 atom stereocenters. The van der Waals surface area contributed by atoms with E-state index in [9.17, 15) is 9.59 Å². The molecule has 1 aliphatic heterocycles. The third kappa shape index (κ3) is 8.64. The van der Waals surface area contributed by atoms with Crippen LogP contribution in [-0.4, -0.2) is 71.8 Å². The van der Waals surface area contributed by atoms with E-state index < -0.39 is 6.03 Å². The third-order valence-electron chi connectivity index (χ3n) is 5.22. The Bertz CT molecular complexity index is 1050. The summed E-state index contributed by atoms with van der Waals surface area (Å²) in [6.45, 7) is 8.71. The number of urea groups is 1. The molecule has 2 aromatic rings. The van der Waals surface area contributed by atoms with Gasteiger partial charge in [-0.05, 0) is 51.4 Å². The number of nitriles is 1. The second-order valence-electron chi connectivity index (χ2n) is 8.34. The van der Waals surface area contributed by atoms with Gasteiger partial charge in [-0.3, -0.25) is 10.1 Å². The Morgan fingerprint density at radius 3 is 2.56 bits per heavy atom. The summed E-state index contributed by atoms with van der Waals surface area (Å²) in [4.78, 5) is 34.7. The molecule has 0 aliphatic carbocycles. The van der Waals surface area contributed by atoms with E-state index in [4.69, 9.17) is 14.7 Å². The Balaban J connectivity index is 0.00000456. The van der Waals surface area contributed by atoms with E-state index in [2.05, 4.69) is 25.9 Å². The van der Waals surface area contributed by atoms with Crippen LogP contribution < -0.4 is 20.7 Å². The maximum atomic E-state index is 12.5. The van der Waals surface area contributed by atoms with Gasteiger partial charge in [0.1, 0.15) is 11.8 Å². The number of nitrogens with one attached hydrogen (secondary N) is 3. The van der Waals surface area contributed by atoms with E-state index in [0.717, 1.165) is 5.56 Å². The first kappa shape index (κ1) is 28.8. The highest BCUT2D eigenvalue weighted by atomic mass is 35.5. The van der Waals surface area contributed by atoms with E-state index in [1.54, 1.807) is 6.07 Å². The summed E-state index contributed by atoms with van der Waals surface area (Å²) in [5.74, 6) is 0.835. The zero-order valence-corrected chi connectivity index (χ0v) is 21.4. The Labute approximate surface area is 217 Å². The molecule has 1 aromatic carbocycles. The lowest BCUT2D eigenvalue weighted by Crippen LogP contribution is -2.49. The SMILES string of the molecule is CC(C)Oc1cc(CCN[C@@H](C)C(=O)N2CCOCC2)ccc1NC(=O)Nc1cnc(C#N)cn1.Cl. The average Bonchev–Trinajstić information content (AvgIpc) is 2.85. The second-order valence-corrected chi connectivity index (χ2v) is 8.34. The van der Waals surface area contributed by atoms with Gasteiger partial charge in [-0.1, -0.05) is 6.07 Å². The second kappa shape index (κ2) is 14.2. The van der Waals surface area contributed by atoms with Crippen molar-refractivity contribution < 1.29 is 19.1 Å². The molecular weight excluding hydrogens is 486 g/mol. The molecule has 2 heterocycles. The Kier molecular flexibility index (Phi) is 11.3. The number of rotatable bonds is 9. The van der Waals surface area contributed by atoms with E-state index in [0.29, 0.717) is 50.7 Å². The monoisotopic (exact) mass is 517 g/mol. The standard InChI is InChI=1S/C24H31N7O4.ClH/c1-16(2)35-21-12-18(6-7-26-17(3)23(32)31-8-10-34-11-9-31)4-5-20(21)29-24(33)30-22-15-27-19(13-25)14-28-22;/h4-5,12,14-17,26H,6-11H2,1-3H3,(H2,28,29,30,33);1H/t17-;/m0./s1. The summed E-state index contributed by atoms with van der Waals surface area (Å²) in [6.07, 6.45) is 3.18. The first-order valence-electron chi connectivity index (χ1n) is 11.6. The lowest BCUT2D eigenvalue weighted by molar-refractivity contribution is -0.137. The van der Waals surface area contributed by atoms with Gasteiger partial charge in [0, 0.05) is 13.1 Å². The summed E-state index contributed by atoms with van der Waals surface area (Å²) >= 11 is 0. The van der Waals surface area contributed by atoms with Gasteiger partial charge in [-0.2, -0.15) is 5.26 Å². The minimum Gasteiger partial charge on any atom is -0.489 e. The number of ether oxygens (including phenoxy) is 2. The van der Waals surface area contributed by atoms with Gasteiger partial charge in [-0.25, -0.2) is 14.8 Å². The number of halogens is 1. The summed E-state index contributed by atoms with van der Waals surface area (Å²) in [5, 5.41) is 17.4. The summed E-state index contributed by atoms with van der Waals surface area (Å²) in [5.41, 5.74) is 1.67. The zero-order valence-electron chi connectivity index (χ0n) is 20.6. The van der Waals surface area contributed by atoms with Crippen molar-refractivity contribution in [3.8, 4) is 11.8 Å². The van der Waals surface area contributed by atoms with Crippen molar-refractivity contribution in [1.82, 2.24) is 20.2 Å². The quantitative estimate of drug-likeness (QED) is 0.460. The van der Waals surface area contributed by atoms with Crippen LogP contribution in [-0.2, 0) is 16.0 Å². The molecule has 0 saturated carbocycles. The van der Waals surface area contributed by atoms with Gasteiger partial charge < -0.3 is 25.0 Å². The smallest absolute Gasteiger partial charge is 0.324 e. The molecule has 194 valence electrons. The van der Waals surface area contributed by atoms with Gasteiger partial charge >= 0.3 is 6.03 Å². The van der Waals surface area contributed by atoms with Crippen molar-refractivity contribution in [2.45, 2.75) is 39.3 Å². The minimum absolute atomic E-state index is 0.